The van der Waals surface area contributed by atoms with Crippen molar-refractivity contribution in [3.63, 3.8) is 0 Å². The quantitative estimate of drug-likeness (QED) is 0.653. The molecule has 3 heterocycles. The van der Waals surface area contributed by atoms with Gasteiger partial charge in [-0.3, -0.25) is 14.5 Å². The second-order valence-corrected chi connectivity index (χ2v) is 8.32. The molecule has 0 spiro atoms. The van der Waals surface area contributed by atoms with Gasteiger partial charge in [-0.25, -0.2) is 8.78 Å². The molecular weight excluding hydrogens is 400 g/mol. The number of halogens is 2. The summed E-state index contributed by atoms with van der Waals surface area (Å²) in [4.78, 5) is 26.6. The van der Waals surface area contributed by atoms with Crippen molar-refractivity contribution in [2.45, 2.75) is 32.7 Å². The number of carbonyl (C=O) groups excluding carboxylic acids is 2. The van der Waals surface area contributed by atoms with E-state index in [2.05, 4.69) is 23.7 Å². The van der Waals surface area contributed by atoms with Gasteiger partial charge in [0, 0.05) is 41.9 Å². The molecule has 0 unspecified atom stereocenters. The van der Waals surface area contributed by atoms with Crippen molar-refractivity contribution in [2.24, 2.45) is 0 Å². The summed E-state index contributed by atoms with van der Waals surface area (Å²) in [5.74, 6) is -3.33. The summed E-state index contributed by atoms with van der Waals surface area (Å²) in [5, 5.41) is 4.30. The number of imide groups is 1. The highest BCUT2D eigenvalue weighted by molar-refractivity contribution is 6.11. The number of nitrogens with one attached hydrogen (secondary N) is 1. The van der Waals surface area contributed by atoms with Crippen LogP contribution in [0.5, 0.6) is 0 Å². The molecule has 5 rings (SSSR count). The molecule has 7 heteroatoms. The number of hydrogen-bond acceptors (Lipinski definition) is 3. The monoisotopic (exact) mass is 421 g/mol. The lowest BCUT2D eigenvalue weighted by atomic mass is 9.84. The molecule has 0 aliphatic carbocycles. The van der Waals surface area contributed by atoms with E-state index in [1.54, 1.807) is 0 Å². The fourth-order valence-corrected chi connectivity index (χ4v) is 4.70. The fourth-order valence-electron chi connectivity index (χ4n) is 4.70. The maximum Gasteiger partial charge on any atom is 0.259 e. The van der Waals surface area contributed by atoms with E-state index >= 15 is 0 Å². The first-order valence-corrected chi connectivity index (χ1v) is 10.2. The Balaban J connectivity index is 1.83. The molecule has 1 aromatic heterocycles. The average Bonchev–Trinajstić information content (AvgIpc) is 3.21. The van der Waals surface area contributed by atoms with E-state index in [1.807, 2.05) is 24.4 Å². The Bertz CT molecular complexity index is 1310. The van der Waals surface area contributed by atoms with Gasteiger partial charge in [0.2, 0.25) is 5.91 Å². The van der Waals surface area contributed by atoms with Gasteiger partial charge < -0.3 is 9.88 Å². The van der Waals surface area contributed by atoms with Crippen LogP contribution >= 0.6 is 0 Å². The number of benzene rings is 2. The van der Waals surface area contributed by atoms with E-state index in [-0.39, 0.29) is 18.5 Å². The number of aromatic nitrogens is 1. The summed E-state index contributed by atoms with van der Waals surface area (Å²) in [5.41, 5.74) is 4.09. The summed E-state index contributed by atoms with van der Waals surface area (Å²) in [7, 11) is 0. The SMILES string of the molecule is CC(=O)N1CC2=C(C1=O)[C@@H](c1ccc(F)c(F)c1)c1cn(C(C)C)c3cccc(c13)N2. The molecule has 1 atom stereocenters. The third-order valence-electron chi connectivity index (χ3n) is 6.10. The topological polar surface area (TPSA) is 54.3 Å². The Morgan fingerprint density at radius 1 is 1.16 bits per heavy atom. The van der Waals surface area contributed by atoms with Gasteiger partial charge in [-0.1, -0.05) is 12.1 Å². The lowest BCUT2D eigenvalue weighted by Crippen LogP contribution is -2.33. The molecule has 0 saturated heterocycles. The van der Waals surface area contributed by atoms with Gasteiger partial charge in [-0.15, -0.1) is 0 Å². The van der Waals surface area contributed by atoms with Crippen molar-refractivity contribution in [2.75, 3.05) is 11.9 Å². The third-order valence-corrected chi connectivity index (χ3v) is 6.10. The van der Waals surface area contributed by atoms with E-state index in [4.69, 9.17) is 0 Å². The van der Waals surface area contributed by atoms with Crippen LogP contribution in [-0.4, -0.2) is 27.8 Å². The molecule has 31 heavy (non-hydrogen) atoms. The first kappa shape index (κ1) is 19.5. The molecular formula is C24H21F2N3O2. The minimum absolute atomic E-state index is 0.120. The summed E-state index contributed by atoms with van der Waals surface area (Å²) in [6.07, 6.45) is 1.98. The molecule has 2 aliphatic rings. The summed E-state index contributed by atoms with van der Waals surface area (Å²) in [6.45, 7) is 5.59. The average molecular weight is 421 g/mol. The standard InChI is InChI=1S/C24H21F2N3O2/c1-12(2)28-10-15-21(14-7-8-16(25)17(26)9-14)23-19(11-29(13(3)30)24(23)31)27-18-5-4-6-20(28)22(15)18/h4-10,12,21,27H,11H2,1-3H3/t21-/m0/s1. The highest BCUT2D eigenvalue weighted by atomic mass is 19.2. The van der Waals surface area contributed by atoms with E-state index in [0.717, 1.165) is 34.3 Å². The molecule has 158 valence electrons. The summed E-state index contributed by atoms with van der Waals surface area (Å²) >= 11 is 0. The van der Waals surface area contributed by atoms with Gasteiger partial charge in [-0.05, 0) is 49.2 Å². The van der Waals surface area contributed by atoms with Gasteiger partial charge >= 0.3 is 0 Å². The zero-order chi connectivity index (χ0) is 22.0. The van der Waals surface area contributed by atoms with Gasteiger partial charge in [-0.2, -0.15) is 0 Å². The Morgan fingerprint density at radius 2 is 1.94 bits per heavy atom. The maximum absolute atomic E-state index is 14.2. The molecule has 0 bridgehead atoms. The highest BCUT2D eigenvalue weighted by Crippen LogP contribution is 2.47. The summed E-state index contributed by atoms with van der Waals surface area (Å²) < 4.78 is 30.1. The Hall–Kier alpha value is -3.48. The molecule has 3 aromatic rings. The van der Waals surface area contributed by atoms with Gasteiger partial charge in [0.15, 0.2) is 11.6 Å². The number of rotatable bonds is 2. The largest absolute Gasteiger partial charge is 0.356 e. The number of nitrogens with zero attached hydrogens (tertiary/aromatic N) is 2. The molecule has 0 radical (unpaired) electrons. The second kappa shape index (κ2) is 6.77. The van der Waals surface area contributed by atoms with Gasteiger partial charge in [0.25, 0.3) is 5.91 Å². The van der Waals surface area contributed by atoms with Gasteiger partial charge in [0.1, 0.15) is 0 Å². The normalized spacial score (nSPS) is 17.9. The third kappa shape index (κ3) is 2.80. The van der Waals surface area contributed by atoms with Crippen molar-refractivity contribution in [1.82, 2.24) is 9.47 Å². The smallest absolute Gasteiger partial charge is 0.259 e. The van der Waals surface area contributed by atoms with E-state index in [9.17, 15) is 18.4 Å². The Morgan fingerprint density at radius 3 is 2.61 bits per heavy atom. The van der Waals surface area contributed by atoms with Crippen molar-refractivity contribution < 1.29 is 18.4 Å². The molecule has 2 aliphatic heterocycles. The molecule has 2 amide bonds. The molecule has 0 saturated carbocycles. The fraction of sp³-hybridized carbons (Fsp3) is 0.250. The van der Waals surface area contributed by atoms with Gasteiger partial charge in [0.05, 0.1) is 17.6 Å². The minimum Gasteiger partial charge on any atom is -0.356 e. The van der Waals surface area contributed by atoms with Crippen molar-refractivity contribution in [1.29, 1.82) is 0 Å². The van der Waals surface area contributed by atoms with Crippen molar-refractivity contribution in [3.8, 4) is 0 Å². The number of hydrogen-bond donors (Lipinski definition) is 1. The molecule has 1 N–H and O–H groups in total. The van der Waals surface area contributed by atoms with Crippen LogP contribution in [0.4, 0.5) is 14.5 Å². The number of anilines is 1. The van der Waals surface area contributed by atoms with Crippen molar-refractivity contribution in [3.05, 3.63) is 76.6 Å². The van der Waals surface area contributed by atoms with Crippen LogP contribution in [0.1, 0.15) is 43.9 Å². The number of amides is 2. The van der Waals surface area contributed by atoms with E-state index in [1.165, 1.54) is 17.9 Å². The highest BCUT2D eigenvalue weighted by Gasteiger charge is 2.41. The second-order valence-electron chi connectivity index (χ2n) is 8.32. The Labute approximate surface area is 178 Å². The van der Waals surface area contributed by atoms with E-state index in [0.29, 0.717) is 16.8 Å². The predicted octanol–water partition coefficient (Wildman–Crippen LogP) is 4.70. The Kier molecular flexibility index (Phi) is 4.25. The lowest BCUT2D eigenvalue weighted by molar-refractivity contribution is -0.139. The van der Waals surface area contributed by atoms with Crippen LogP contribution in [0, 0.1) is 11.6 Å². The summed E-state index contributed by atoms with van der Waals surface area (Å²) in [6, 6.07) is 9.74. The minimum atomic E-state index is -0.974. The first-order valence-electron chi connectivity index (χ1n) is 10.2. The number of carbonyl (C=O) groups is 2. The van der Waals surface area contributed by atoms with Crippen LogP contribution in [0.15, 0.2) is 53.9 Å². The molecule has 2 aromatic carbocycles. The lowest BCUT2D eigenvalue weighted by Gasteiger charge is -2.19. The van der Waals surface area contributed by atoms with Crippen LogP contribution in [0.3, 0.4) is 0 Å². The van der Waals surface area contributed by atoms with Crippen LogP contribution in [0.2, 0.25) is 0 Å². The molecule has 0 fully saturated rings. The predicted molar refractivity (Wildman–Crippen MR) is 114 cm³/mol. The zero-order valence-electron chi connectivity index (χ0n) is 17.4. The first-order chi connectivity index (χ1) is 14.8. The van der Waals surface area contributed by atoms with Crippen LogP contribution < -0.4 is 5.32 Å². The van der Waals surface area contributed by atoms with Crippen LogP contribution in [0.25, 0.3) is 10.9 Å². The zero-order valence-corrected chi connectivity index (χ0v) is 17.4. The van der Waals surface area contributed by atoms with Crippen molar-refractivity contribution >= 4 is 28.4 Å². The maximum atomic E-state index is 14.2. The van der Waals surface area contributed by atoms with Crippen LogP contribution in [-0.2, 0) is 9.59 Å². The van der Waals surface area contributed by atoms with E-state index < -0.39 is 23.5 Å². The molecule has 5 nitrogen and oxygen atoms in total.